The quantitative estimate of drug-likeness (QED) is 0.564. The number of aromatic nitrogens is 4. The van der Waals surface area contributed by atoms with E-state index in [0.717, 1.165) is 18.4 Å². The number of aromatic amines is 1. The largest absolute Gasteiger partial charge is 0.382 e. The van der Waals surface area contributed by atoms with E-state index in [2.05, 4.69) is 25.5 Å². The van der Waals surface area contributed by atoms with Gasteiger partial charge in [0.25, 0.3) is 0 Å². The van der Waals surface area contributed by atoms with Gasteiger partial charge in [0, 0.05) is 20.3 Å². The van der Waals surface area contributed by atoms with Gasteiger partial charge < -0.3 is 14.8 Å². The lowest BCUT2D eigenvalue weighted by Gasteiger charge is -2.07. The maximum Gasteiger partial charge on any atom is 0.226 e. The molecule has 2 aromatic rings. The minimum atomic E-state index is 0.190. The van der Waals surface area contributed by atoms with Crippen molar-refractivity contribution in [3.05, 3.63) is 11.5 Å². The van der Waals surface area contributed by atoms with Gasteiger partial charge in [-0.2, -0.15) is 15.1 Å². The van der Waals surface area contributed by atoms with E-state index in [4.69, 9.17) is 21.1 Å². The van der Waals surface area contributed by atoms with Crippen molar-refractivity contribution in [1.29, 1.82) is 0 Å². The van der Waals surface area contributed by atoms with Crippen molar-refractivity contribution in [2.75, 3.05) is 38.8 Å². The van der Waals surface area contributed by atoms with Crippen LogP contribution in [0.3, 0.4) is 0 Å². The molecule has 0 unspecified atom stereocenters. The van der Waals surface area contributed by atoms with Crippen LogP contribution in [0.2, 0.25) is 5.28 Å². The maximum atomic E-state index is 5.83. The minimum absolute atomic E-state index is 0.190. The molecule has 104 valence electrons. The van der Waals surface area contributed by atoms with E-state index in [1.54, 1.807) is 13.3 Å². The van der Waals surface area contributed by atoms with Gasteiger partial charge >= 0.3 is 0 Å². The molecule has 2 heterocycles. The molecule has 0 spiro atoms. The highest BCUT2D eigenvalue weighted by Crippen LogP contribution is 2.19. The number of hydrogen-bond acceptors (Lipinski definition) is 6. The molecule has 0 aliphatic carbocycles. The van der Waals surface area contributed by atoms with E-state index in [1.807, 2.05) is 0 Å². The third-order valence-corrected chi connectivity index (χ3v) is 2.64. The Balaban J connectivity index is 1.79. The lowest BCUT2D eigenvalue weighted by Crippen LogP contribution is -2.09. The van der Waals surface area contributed by atoms with Crippen molar-refractivity contribution in [3.8, 4) is 0 Å². The Bertz CT molecular complexity index is 519. The standard InChI is InChI=1S/C11H16ClN5O2/c1-18-5-6-19-4-2-3-13-9-8-7-14-17-10(8)16-11(12)15-9/h7H,2-6H2,1H3,(H2,13,14,15,16,17). The van der Waals surface area contributed by atoms with E-state index in [-0.39, 0.29) is 5.28 Å². The minimum Gasteiger partial charge on any atom is -0.382 e. The molecule has 2 N–H and O–H groups in total. The zero-order chi connectivity index (χ0) is 13.5. The molecule has 0 radical (unpaired) electrons. The van der Waals surface area contributed by atoms with Crippen molar-refractivity contribution in [3.63, 3.8) is 0 Å². The summed E-state index contributed by atoms with van der Waals surface area (Å²) in [7, 11) is 1.65. The summed E-state index contributed by atoms with van der Waals surface area (Å²) in [6.45, 7) is 2.64. The summed E-state index contributed by atoms with van der Waals surface area (Å²) in [5, 5.41) is 10.9. The van der Waals surface area contributed by atoms with Crippen LogP contribution in [-0.2, 0) is 9.47 Å². The molecule has 2 aromatic heterocycles. The number of hydrogen-bond donors (Lipinski definition) is 2. The van der Waals surface area contributed by atoms with Crippen LogP contribution < -0.4 is 5.32 Å². The number of H-pyrrole nitrogens is 1. The molecule has 0 fully saturated rings. The number of nitrogens with one attached hydrogen (secondary N) is 2. The number of fused-ring (bicyclic) bond motifs is 1. The Morgan fingerprint density at radius 3 is 3.05 bits per heavy atom. The van der Waals surface area contributed by atoms with E-state index >= 15 is 0 Å². The number of methoxy groups -OCH3 is 1. The van der Waals surface area contributed by atoms with Crippen LogP contribution in [-0.4, -0.2) is 53.6 Å². The lowest BCUT2D eigenvalue weighted by molar-refractivity contribution is 0.0705. The highest BCUT2D eigenvalue weighted by Gasteiger charge is 2.07. The molecule has 0 aromatic carbocycles. The summed E-state index contributed by atoms with van der Waals surface area (Å²) in [5.41, 5.74) is 0.624. The number of ether oxygens (including phenoxy) is 2. The van der Waals surface area contributed by atoms with Crippen LogP contribution in [0, 0.1) is 0 Å². The van der Waals surface area contributed by atoms with Crippen LogP contribution >= 0.6 is 11.6 Å². The van der Waals surface area contributed by atoms with Crippen molar-refractivity contribution in [1.82, 2.24) is 20.2 Å². The third-order valence-electron chi connectivity index (χ3n) is 2.47. The predicted molar refractivity (Wildman–Crippen MR) is 72.5 cm³/mol. The second-order valence-electron chi connectivity index (χ2n) is 3.86. The van der Waals surface area contributed by atoms with Crippen LogP contribution in [0.15, 0.2) is 6.20 Å². The molecule has 0 amide bonds. The average molecular weight is 286 g/mol. The maximum absolute atomic E-state index is 5.83. The van der Waals surface area contributed by atoms with E-state index < -0.39 is 0 Å². The molecule has 0 aliphatic heterocycles. The Hall–Kier alpha value is -1.44. The first-order chi connectivity index (χ1) is 9.31. The van der Waals surface area contributed by atoms with E-state index in [1.165, 1.54) is 0 Å². The fourth-order valence-electron chi connectivity index (χ4n) is 1.57. The second kappa shape index (κ2) is 7.22. The molecule has 0 aliphatic rings. The first kappa shape index (κ1) is 14.0. The van der Waals surface area contributed by atoms with Crippen molar-refractivity contribution in [2.24, 2.45) is 0 Å². The van der Waals surface area contributed by atoms with Gasteiger partial charge in [0.1, 0.15) is 5.82 Å². The average Bonchev–Trinajstić information content (AvgIpc) is 2.85. The molecule has 0 saturated heterocycles. The van der Waals surface area contributed by atoms with Gasteiger partial charge in [-0.1, -0.05) is 0 Å². The number of nitrogens with zero attached hydrogens (tertiary/aromatic N) is 3. The molecule has 2 rings (SSSR count). The summed E-state index contributed by atoms with van der Waals surface area (Å²) in [6, 6.07) is 0. The normalized spacial score (nSPS) is 11.1. The Kier molecular flexibility index (Phi) is 5.31. The molecule has 19 heavy (non-hydrogen) atoms. The van der Waals surface area contributed by atoms with Gasteiger partial charge in [-0.05, 0) is 18.0 Å². The van der Waals surface area contributed by atoms with E-state index in [0.29, 0.717) is 31.3 Å². The number of anilines is 1. The van der Waals surface area contributed by atoms with E-state index in [9.17, 15) is 0 Å². The molecule has 0 saturated carbocycles. The lowest BCUT2D eigenvalue weighted by atomic mass is 10.3. The summed E-state index contributed by atoms with van der Waals surface area (Å²) in [5.74, 6) is 0.681. The fourth-order valence-corrected chi connectivity index (χ4v) is 1.74. The predicted octanol–water partition coefficient (Wildman–Crippen LogP) is 1.47. The van der Waals surface area contributed by atoms with Gasteiger partial charge in [-0.3, -0.25) is 5.10 Å². The highest BCUT2D eigenvalue weighted by atomic mass is 35.5. The number of rotatable bonds is 8. The van der Waals surface area contributed by atoms with Gasteiger partial charge in [0.05, 0.1) is 24.8 Å². The third kappa shape index (κ3) is 4.02. The number of halogens is 1. The SMILES string of the molecule is COCCOCCCNc1nc(Cl)nc2[nH]ncc12. The van der Waals surface area contributed by atoms with Gasteiger partial charge in [-0.25, -0.2) is 0 Å². The van der Waals surface area contributed by atoms with Crippen molar-refractivity contribution < 1.29 is 9.47 Å². The highest BCUT2D eigenvalue weighted by molar-refractivity contribution is 6.28. The van der Waals surface area contributed by atoms with Gasteiger partial charge in [-0.15, -0.1) is 0 Å². The van der Waals surface area contributed by atoms with Crippen molar-refractivity contribution >= 4 is 28.5 Å². The van der Waals surface area contributed by atoms with Crippen LogP contribution in [0.5, 0.6) is 0 Å². The molecular formula is C11H16ClN5O2. The zero-order valence-electron chi connectivity index (χ0n) is 10.6. The Morgan fingerprint density at radius 2 is 2.21 bits per heavy atom. The first-order valence-corrected chi connectivity index (χ1v) is 6.36. The smallest absolute Gasteiger partial charge is 0.226 e. The topological polar surface area (TPSA) is 85.0 Å². The Labute approximate surface area is 115 Å². The van der Waals surface area contributed by atoms with Gasteiger partial charge in [0.2, 0.25) is 5.28 Å². The molecule has 7 nitrogen and oxygen atoms in total. The van der Waals surface area contributed by atoms with Crippen molar-refractivity contribution in [2.45, 2.75) is 6.42 Å². The first-order valence-electron chi connectivity index (χ1n) is 5.98. The van der Waals surface area contributed by atoms with Gasteiger partial charge in [0.15, 0.2) is 5.65 Å². The fraction of sp³-hybridized carbons (Fsp3) is 0.545. The molecule has 0 atom stereocenters. The second-order valence-corrected chi connectivity index (χ2v) is 4.20. The summed E-state index contributed by atoms with van der Waals surface area (Å²) >= 11 is 5.83. The monoisotopic (exact) mass is 285 g/mol. The van der Waals surface area contributed by atoms with Crippen LogP contribution in [0.1, 0.15) is 6.42 Å². The molecule has 8 heteroatoms. The molecular weight excluding hydrogens is 270 g/mol. The summed E-state index contributed by atoms with van der Waals surface area (Å²) < 4.78 is 10.3. The Morgan fingerprint density at radius 1 is 1.32 bits per heavy atom. The molecule has 0 bridgehead atoms. The van der Waals surface area contributed by atoms with Crippen LogP contribution in [0.25, 0.3) is 11.0 Å². The zero-order valence-corrected chi connectivity index (χ0v) is 11.4. The summed E-state index contributed by atoms with van der Waals surface area (Å²) in [4.78, 5) is 8.18. The summed E-state index contributed by atoms with van der Waals surface area (Å²) in [6.07, 6.45) is 2.54. The van der Waals surface area contributed by atoms with Crippen LogP contribution in [0.4, 0.5) is 5.82 Å².